The summed E-state index contributed by atoms with van der Waals surface area (Å²) >= 11 is 0. The molecule has 2 aliphatic heterocycles. The van der Waals surface area contributed by atoms with Crippen LogP contribution in [0.25, 0.3) is 0 Å². The minimum atomic E-state index is 0.00353. The molecule has 2 fully saturated rings. The summed E-state index contributed by atoms with van der Waals surface area (Å²) in [5, 5.41) is 9.44. The normalized spacial score (nSPS) is 29.8. The zero-order chi connectivity index (χ0) is 10.9. The van der Waals surface area contributed by atoms with E-state index in [0.29, 0.717) is 5.41 Å². The van der Waals surface area contributed by atoms with Crippen LogP contribution in [0.4, 0.5) is 0 Å². The van der Waals surface area contributed by atoms with Gasteiger partial charge in [-0.25, -0.2) is 0 Å². The van der Waals surface area contributed by atoms with Crippen molar-refractivity contribution in [3.63, 3.8) is 0 Å². The van der Waals surface area contributed by atoms with E-state index in [-0.39, 0.29) is 12.1 Å². The maximum atomic E-state index is 9.44. The summed E-state index contributed by atoms with van der Waals surface area (Å²) in [5.74, 6) is 0. The topological polar surface area (TPSA) is 32.7 Å². The van der Waals surface area contributed by atoms with Crippen molar-refractivity contribution in [1.82, 2.24) is 4.90 Å². The van der Waals surface area contributed by atoms with E-state index in [4.69, 9.17) is 4.74 Å². The van der Waals surface area contributed by atoms with Crippen LogP contribution in [0, 0.1) is 5.41 Å². The van der Waals surface area contributed by atoms with Crippen LogP contribution in [0.5, 0.6) is 0 Å². The summed E-state index contributed by atoms with van der Waals surface area (Å²) in [6.07, 6.45) is 3.43. The van der Waals surface area contributed by atoms with Crippen molar-refractivity contribution in [2.75, 3.05) is 32.9 Å². The van der Waals surface area contributed by atoms with Crippen molar-refractivity contribution in [1.29, 1.82) is 0 Å². The number of aliphatic hydroxyl groups is 1. The third-order valence-electron chi connectivity index (χ3n) is 4.47. The first kappa shape index (κ1) is 11.4. The number of rotatable bonds is 3. The van der Waals surface area contributed by atoms with Gasteiger partial charge in [0.25, 0.3) is 0 Å². The lowest BCUT2D eigenvalue weighted by Gasteiger charge is -2.58. The molecule has 2 rings (SSSR count). The second-order valence-corrected chi connectivity index (χ2v) is 5.48. The third kappa shape index (κ3) is 1.93. The van der Waals surface area contributed by atoms with Crippen LogP contribution in [-0.2, 0) is 4.74 Å². The predicted molar refractivity (Wildman–Crippen MR) is 59.8 cm³/mol. The molecule has 0 aromatic rings. The summed E-state index contributed by atoms with van der Waals surface area (Å²) in [6.45, 7) is 8.76. The van der Waals surface area contributed by atoms with E-state index in [0.717, 1.165) is 32.7 Å². The molecule has 1 atom stereocenters. The summed E-state index contributed by atoms with van der Waals surface area (Å²) in [5.41, 5.74) is 0.521. The van der Waals surface area contributed by atoms with Crippen LogP contribution in [0.2, 0.25) is 0 Å². The first-order valence-corrected chi connectivity index (χ1v) is 6.08. The van der Waals surface area contributed by atoms with Gasteiger partial charge in [-0.15, -0.1) is 0 Å². The van der Waals surface area contributed by atoms with Crippen LogP contribution in [-0.4, -0.2) is 48.5 Å². The Morgan fingerprint density at radius 3 is 2.40 bits per heavy atom. The average molecular weight is 213 g/mol. The van der Waals surface area contributed by atoms with Gasteiger partial charge in [-0.05, 0) is 26.2 Å². The monoisotopic (exact) mass is 213 g/mol. The molecule has 0 radical (unpaired) electrons. The predicted octanol–water partition coefficient (Wildman–Crippen LogP) is 1.26. The SMILES string of the molecule is CCC(C)(CO)N1CC2(CCOCC2)C1. The van der Waals surface area contributed by atoms with Crippen molar-refractivity contribution in [3.05, 3.63) is 0 Å². The van der Waals surface area contributed by atoms with Crippen LogP contribution in [0.15, 0.2) is 0 Å². The van der Waals surface area contributed by atoms with Crippen LogP contribution >= 0.6 is 0 Å². The molecule has 1 unspecified atom stereocenters. The first-order valence-electron chi connectivity index (χ1n) is 6.08. The van der Waals surface area contributed by atoms with Gasteiger partial charge in [-0.3, -0.25) is 4.90 Å². The van der Waals surface area contributed by atoms with Gasteiger partial charge >= 0.3 is 0 Å². The van der Waals surface area contributed by atoms with Gasteiger partial charge in [0.15, 0.2) is 0 Å². The summed E-state index contributed by atoms with van der Waals surface area (Å²) in [7, 11) is 0. The smallest absolute Gasteiger partial charge is 0.0612 e. The molecule has 15 heavy (non-hydrogen) atoms. The quantitative estimate of drug-likeness (QED) is 0.766. The van der Waals surface area contributed by atoms with Gasteiger partial charge in [-0.2, -0.15) is 0 Å². The van der Waals surface area contributed by atoms with Crippen molar-refractivity contribution >= 4 is 0 Å². The highest BCUT2D eigenvalue weighted by atomic mass is 16.5. The van der Waals surface area contributed by atoms with Crippen molar-refractivity contribution in [2.45, 2.75) is 38.6 Å². The van der Waals surface area contributed by atoms with E-state index in [1.807, 2.05) is 0 Å². The van der Waals surface area contributed by atoms with E-state index in [9.17, 15) is 5.11 Å². The number of hydrogen-bond donors (Lipinski definition) is 1. The maximum absolute atomic E-state index is 9.44. The largest absolute Gasteiger partial charge is 0.394 e. The molecule has 2 heterocycles. The molecule has 0 aliphatic carbocycles. The fraction of sp³-hybridized carbons (Fsp3) is 1.00. The molecule has 1 N–H and O–H groups in total. The van der Waals surface area contributed by atoms with Crippen LogP contribution < -0.4 is 0 Å². The van der Waals surface area contributed by atoms with Gasteiger partial charge in [0.1, 0.15) is 0 Å². The maximum Gasteiger partial charge on any atom is 0.0612 e. The Morgan fingerprint density at radius 2 is 1.93 bits per heavy atom. The van der Waals surface area contributed by atoms with Crippen molar-refractivity contribution in [2.24, 2.45) is 5.41 Å². The molecular weight excluding hydrogens is 190 g/mol. The van der Waals surface area contributed by atoms with Gasteiger partial charge in [0.2, 0.25) is 0 Å². The molecule has 0 saturated carbocycles. The van der Waals surface area contributed by atoms with E-state index >= 15 is 0 Å². The molecule has 3 heteroatoms. The second-order valence-electron chi connectivity index (χ2n) is 5.48. The van der Waals surface area contributed by atoms with E-state index < -0.39 is 0 Å². The van der Waals surface area contributed by atoms with Crippen LogP contribution in [0.3, 0.4) is 0 Å². The molecular formula is C12H23NO2. The lowest BCUT2D eigenvalue weighted by Crippen LogP contribution is -2.66. The van der Waals surface area contributed by atoms with Gasteiger partial charge in [0, 0.05) is 37.3 Å². The molecule has 2 saturated heterocycles. The third-order valence-corrected chi connectivity index (χ3v) is 4.47. The lowest BCUT2D eigenvalue weighted by atomic mass is 9.71. The Bertz CT molecular complexity index is 212. The average Bonchev–Trinajstić information content (AvgIpc) is 2.26. The zero-order valence-corrected chi connectivity index (χ0v) is 9.96. The number of nitrogens with zero attached hydrogens (tertiary/aromatic N) is 1. The Labute approximate surface area is 92.4 Å². The van der Waals surface area contributed by atoms with E-state index in [2.05, 4.69) is 18.7 Å². The zero-order valence-electron chi connectivity index (χ0n) is 9.96. The van der Waals surface area contributed by atoms with E-state index in [1.165, 1.54) is 12.8 Å². The summed E-state index contributed by atoms with van der Waals surface area (Å²) in [4.78, 5) is 2.44. The highest BCUT2D eigenvalue weighted by molar-refractivity contribution is 5.02. The minimum Gasteiger partial charge on any atom is -0.394 e. The van der Waals surface area contributed by atoms with Gasteiger partial charge in [0.05, 0.1) is 6.61 Å². The summed E-state index contributed by atoms with van der Waals surface area (Å²) in [6, 6.07) is 0. The Balaban J connectivity index is 1.91. The van der Waals surface area contributed by atoms with Crippen molar-refractivity contribution in [3.8, 4) is 0 Å². The highest BCUT2D eigenvalue weighted by Gasteiger charge is 2.49. The number of hydrogen-bond acceptors (Lipinski definition) is 3. The van der Waals surface area contributed by atoms with Crippen molar-refractivity contribution < 1.29 is 9.84 Å². The Morgan fingerprint density at radius 1 is 1.33 bits per heavy atom. The highest BCUT2D eigenvalue weighted by Crippen LogP contribution is 2.43. The number of aliphatic hydroxyl groups excluding tert-OH is 1. The number of ether oxygens (including phenoxy) is 1. The Kier molecular flexibility index (Phi) is 3.06. The molecule has 0 amide bonds. The van der Waals surface area contributed by atoms with Gasteiger partial charge < -0.3 is 9.84 Å². The van der Waals surface area contributed by atoms with Crippen LogP contribution in [0.1, 0.15) is 33.1 Å². The minimum absolute atomic E-state index is 0.00353. The molecule has 0 aromatic carbocycles. The molecule has 1 spiro atoms. The van der Waals surface area contributed by atoms with Gasteiger partial charge in [-0.1, -0.05) is 6.92 Å². The number of likely N-dealkylation sites (tertiary alicyclic amines) is 1. The molecule has 3 nitrogen and oxygen atoms in total. The standard InChI is InChI=1S/C12H23NO2/c1-3-11(2,10-14)13-8-12(9-13)4-6-15-7-5-12/h14H,3-10H2,1-2H3. The molecule has 0 bridgehead atoms. The molecule has 2 aliphatic rings. The van der Waals surface area contributed by atoms with E-state index in [1.54, 1.807) is 0 Å². The fourth-order valence-electron chi connectivity index (χ4n) is 2.70. The Hall–Kier alpha value is -0.120. The molecule has 0 aromatic heterocycles. The summed E-state index contributed by atoms with van der Waals surface area (Å²) < 4.78 is 5.41. The lowest BCUT2D eigenvalue weighted by molar-refractivity contribution is -0.132. The first-order chi connectivity index (χ1) is 7.14. The molecule has 88 valence electrons. The second kappa shape index (κ2) is 4.04. The fourth-order valence-corrected chi connectivity index (χ4v) is 2.70.